The molecule has 64 valence electrons. The summed E-state index contributed by atoms with van der Waals surface area (Å²) in [5.41, 5.74) is 0.794. The molecular weight excluding hydrogens is 157 g/mol. The van der Waals surface area contributed by atoms with Crippen molar-refractivity contribution in [1.82, 2.24) is 4.57 Å². The molecule has 1 aromatic rings. The van der Waals surface area contributed by atoms with Gasteiger partial charge < -0.3 is 14.6 Å². The van der Waals surface area contributed by atoms with Crippen molar-refractivity contribution in [3.05, 3.63) is 28.2 Å². The molecule has 5 heteroatoms. The highest BCUT2D eigenvalue weighted by Gasteiger charge is 2.14. The van der Waals surface area contributed by atoms with Gasteiger partial charge in [-0.3, -0.25) is 4.79 Å². The predicted octanol–water partition coefficient (Wildman–Crippen LogP) is -1.63. The van der Waals surface area contributed by atoms with Gasteiger partial charge in [0.05, 0.1) is 0 Å². The third-order valence-electron chi connectivity index (χ3n) is 1.75. The fourth-order valence-electron chi connectivity index (χ4n) is 1.01. The first kappa shape index (κ1) is 9.03. The normalized spacial score (nSPS) is 10.0. The van der Waals surface area contributed by atoms with E-state index in [-0.39, 0.29) is 5.56 Å². The summed E-state index contributed by atoms with van der Waals surface area (Å²) in [6.07, 6.45) is 1.42. The number of rotatable bonds is 1. The van der Waals surface area contributed by atoms with Crippen LogP contribution in [0.3, 0.4) is 0 Å². The zero-order valence-electron chi connectivity index (χ0n) is 6.98. The van der Waals surface area contributed by atoms with Crippen molar-refractivity contribution in [2.75, 3.05) is 0 Å². The molecule has 0 atom stereocenters. The van der Waals surface area contributed by atoms with Crippen LogP contribution in [0.5, 0.6) is 0 Å². The molecule has 0 saturated heterocycles. The molecule has 0 fully saturated rings. The Morgan fingerprint density at radius 3 is 2.58 bits per heavy atom. The van der Waals surface area contributed by atoms with E-state index in [1.165, 1.54) is 16.8 Å². The molecule has 2 N–H and O–H groups in total. The van der Waals surface area contributed by atoms with Crippen LogP contribution in [0.15, 0.2) is 17.1 Å². The molecule has 4 nitrogen and oxygen atoms in total. The lowest BCUT2D eigenvalue weighted by molar-refractivity contribution is 0.425. The van der Waals surface area contributed by atoms with E-state index in [0.29, 0.717) is 11.0 Å². The number of nitrogens with zero attached hydrogens (tertiary/aromatic N) is 1. The first-order valence-electron chi connectivity index (χ1n) is 3.55. The van der Waals surface area contributed by atoms with E-state index in [1.54, 1.807) is 14.0 Å². The Bertz CT molecular complexity index is 345. The van der Waals surface area contributed by atoms with Crippen LogP contribution in [-0.2, 0) is 7.05 Å². The van der Waals surface area contributed by atoms with E-state index in [2.05, 4.69) is 0 Å². The first-order valence-corrected chi connectivity index (χ1v) is 3.55. The van der Waals surface area contributed by atoms with Crippen molar-refractivity contribution in [3.63, 3.8) is 0 Å². The lowest BCUT2D eigenvalue weighted by atomic mass is 9.78. The van der Waals surface area contributed by atoms with Crippen molar-refractivity contribution < 1.29 is 10.0 Å². The first-order chi connectivity index (χ1) is 5.52. The maximum atomic E-state index is 11.0. The van der Waals surface area contributed by atoms with Gasteiger partial charge in [0.25, 0.3) is 0 Å². The summed E-state index contributed by atoms with van der Waals surface area (Å²) in [6, 6.07) is 1.37. The van der Waals surface area contributed by atoms with Gasteiger partial charge in [0.2, 0.25) is 5.56 Å². The molecule has 0 spiro atoms. The second-order valence-corrected chi connectivity index (χ2v) is 2.73. The topological polar surface area (TPSA) is 62.5 Å². The molecule has 0 aliphatic heterocycles. The van der Waals surface area contributed by atoms with Gasteiger partial charge in [0.15, 0.2) is 0 Å². The summed E-state index contributed by atoms with van der Waals surface area (Å²) in [7, 11) is 0.0463. The Morgan fingerprint density at radius 2 is 2.08 bits per heavy atom. The van der Waals surface area contributed by atoms with Crippen LogP contribution < -0.4 is 11.0 Å². The van der Waals surface area contributed by atoms with Crippen molar-refractivity contribution in [3.8, 4) is 0 Å². The number of hydrogen-bond donors (Lipinski definition) is 2. The van der Waals surface area contributed by atoms with Crippen molar-refractivity contribution >= 4 is 12.6 Å². The molecule has 1 aromatic heterocycles. The molecule has 12 heavy (non-hydrogen) atoms. The summed E-state index contributed by atoms with van der Waals surface area (Å²) in [6.45, 7) is 1.66. The van der Waals surface area contributed by atoms with Gasteiger partial charge in [0, 0.05) is 24.8 Å². The average molecular weight is 167 g/mol. The molecule has 0 aromatic carbocycles. The molecule has 0 unspecified atom stereocenters. The van der Waals surface area contributed by atoms with Crippen LogP contribution in [0.2, 0.25) is 0 Å². The summed E-state index contributed by atoms with van der Waals surface area (Å²) >= 11 is 0. The number of hydrogen-bond acceptors (Lipinski definition) is 3. The second kappa shape index (κ2) is 3.12. The van der Waals surface area contributed by atoms with Crippen LogP contribution in [0.1, 0.15) is 5.56 Å². The third-order valence-corrected chi connectivity index (χ3v) is 1.75. The van der Waals surface area contributed by atoms with Gasteiger partial charge in [-0.05, 0) is 12.5 Å². The maximum absolute atomic E-state index is 11.0. The van der Waals surface area contributed by atoms with Crippen molar-refractivity contribution in [2.24, 2.45) is 7.05 Å². The summed E-state index contributed by atoms with van der Waals surface area (Å²) in [4.78, 5) is 11.0. The van der Waals surface area contributed by atoms with Crippen LogP contribution in [0.4, 0.5) is 0 Å². The van der Waals surface area contributed by atoms with Crippen molar-refractivity contribution in [2.45, 2.75) is 6.92 Å². The van der Waals surface area contributed by atoms with Gasteiger partial charge in [-0.15, -0.1) is 0 Å². The molecule has 0 amide bonds. The minimum Gasteiger partial charge on any atom is -0.423 e. The van der Waals surface area contributed by atoms with Gasteiger partial charge >= 0.3 is 7.12 Å². The standard InChI is InChI=1S/C7H10BNO3/c1-5-3-7(10)9(2)4-6(5)8(11)12/h3-4,11-12H,1-2H3. The fourth-order valence-corrected chi connectivity index (χ4v) is 1.01. The maximum Gasteiger partial charge on any atom is 0.490 e. The number of aryl methyl sites for hydroxylation is 2. The van der Waals surface area contributed by atoms with Gasteiger partial charge in [-0.25, -0.2) is 0 Å². The van der Waals surface area contributed by atoms with Crippen LogP contribution in [0, 0.1) is 6.92 Å². The summed E-state index contributed by atoms with van der Waals surface area (Å²) in [5, 5.41) is 17.7. The summed E-state index contributed by atoms with van der Waals surface area (Å²) < 4.78 is 1.31. The van der Waals surface area contributed by atoms with Gasteiger partial charge in [0.1, 0.15) is 0 Å². The largest absolute Gasteiger partial charge is 0.490 e. The quantitative estimate of drug-likeness (QED) is 0.493. The second-order valence-electron chi connectivity index (χ2n) is 2.73. The Morgan fingerprint density at radius 1 is 1.50 bits per heavy atom. The molecule has 1 heterocycles. The third kappa shape index (κ3) is 1.57. The minimum absolute atomic E-state index is 0.156. The Kier molecular flexibility index (Phi) is 2.35. The molecule has 0 radical (unpaired) electrons. The van der Waals surface area contributed by atoms with E-state index < -0.39 is 7.12 Å². The monoisotopic (exact) mass is 167 g/mol. The van der Waals surface area contributed by atoms with E-state index in [1.807, 2.05) is 0 Å². The molecule has 0 aliphatic carbocycles. The van der Waals surface area contributed by atoms with Crippen molar-refractivity contribution in [1.29, 1.82) is 0 Å². The van der Waals surface area contributed by atoms with Crippen LogP contribution in [-0.4, -0.2) is 21.7 Å². The zero-order chi connectivity index (χ0) is 9.30. The van der Waals surface area contributed by atoms with Gasteiger partial charge in [-0.1, -0.05) is 0 Å². The SMILES string of the molecule is Cc1cc(=O)n(C)cc1B(O)O. The molecule has 0 bridgehead atoms. The van der Waals surface area contributed by atoms with Crippen LogP contribution >= 0.6 is 0 Å². The average Bonchev–Trinajstić information content (AvgIpc) is 1.96. The Labute approximate surface area is 70.2 Å². The smallest absolute Gasteiger partial charge is 0.423 e. The molecule has 1 rings (SSSR count). The lowest BCUT2D eigenvalue weighted by Gasteiger charge is -2.05. The van der Waals surface area contributed by atoms with E-state index in [4.69, 9.17) is 10.0 Å². The van der Waals surface area contributed by atoms with E-state index in [0.717, 1.165) is 0 Å². The summed E-state index contributed by atoms with van der Waals surface area (Å²) in [5.74, 6) is 0. The van der Waals surface area contributed by atoms with Crippen LogP contribution in [0.25, 0.3) is 0 Å². The highest BCUT2D eigenvalue weighted by molar-refractivity contribution is 6.59. The number of aromatic nitrogens is 1. The highest BCUT2D eigenvalue weighted by Crippen LogP contribution is 1.88. The zero-order valence-corrected chi connectivity index (χ0v) is 6.98. The molecule has 0 saturated carbocycles. The van der Waals surface area contributed by atoms with E-state index >= 15 is 0 Å². The molecular formula is C7H10BNO3. The van der Waals surface area contributed by atoms with Gasteiger partial charge in [-0.2, -0.15) is 0 Å². The van der Waals surface area contributed by atoms with E-state index in [9.17, 15) is 4.79 Å². The minimum atomic E-state index is -1.52. The number of pyridine rings is 1. The lowest BCUT2D eigenvalue weighted by Crippen LogP contribution is -2.36. The predicted molar refractivity (Wildman–Crippen MR) is 46.2 cm³/mol. The molecule has 0 aliphatic rings. The highest BCUT2D eigenvalue weighted by atomic mass is 16.4. The Balaban J connectivity index is 3.33. The fraction of sp³-hybridized carbons (Fsp3) is 0.286. The Hall–Kier alpha value is -1.07.